The summed E-state index contributed by atoms with van der Waals surface area (Å²) >= 11 is 1.18. The Morgan fingerprint density at radius 3 is 2.32 bits per heavy atom. The normalized spacial score (nSPS) is 11.1. The van der Waals surface area contributed by atoms with Gasteiger partial charge in [-0.1, -0.05) is 42.5 Å². The molecule has 0 spiro atoms. The fourth-order valence-electron chi connectivity index (χ4n) is 4.80. The summed E-state index contributed by atoms with van der Waals surface area (Å²) in [5.74, 6) is -0.577. The summed E-state index contributed by atoms with van der Waals surface area (Å²) < 4.78 is 16.9. The first-order valence-corrected chi connectivity index (χ1v) is 12.7. The standard InChI is InChI=1S/C30H25NO6S/c1-17-14-20(12-13-23(17)35-2)27-26(30(34)37-4)31-24(32)16-21(25(28(31)38-27)29(33)36-3)15-19-10-7-9-18-8-5-6-11-22(18)19/h5-14,16H,15H2,1-4H3. The molecule has 3 aromatic carbocycles. The lowest BCUT2D eigenvalue weighted by atomic mass is 9.96. The molecule has 2 aromatic heterocycles. The van der Waals surface area contributed by atoms with E-state index >= 15 is 0 Å². The molecule has 8 heteroatoms. The van der Waals surface area contributed by atoms with Crippen LogP contribution in [0.4, 0.5) is 0 Å². The van der Waals surface area contributed by atoms with Gasteiger partial charge in [0.15, 0.2) is 5.69 Å². The van der Waals surface area contributed by atoms with E-state index in [4.69, 9.17) is 14.2 Å². The smallest absolute Gasteiger partial charge is 0.356 e. The maximum atomic E-state index is 13.6. The summed E-state index contributed by atoms with van der Waals surface area (Å²) in [6.45, 7) is 1.89. The van der Waals surface area contributed by atoms with Crippen molar-refractivity contribution in [1.82, 2.24) is 4.40 Å². The van der Waals surface area contributed by atoms with Crippen LogP contribution in [-0.2, 0) is 15.9 Å². The molecule has 0 aliphatic rings. The fraction of sp³-hybridized carbons (Fsp3) is 0.167. The molecule has 192 valence electrons. The van der Waals surface area contributed by atoms with Crippen molar-refractivity contribution in [3.05, 3.63) is 105 Å². The lowest BCUT2D eigenvalue weighted by Gasteiger charge is -2.12. The molecule has 5 aromatic rings. The third kappa shape index (κ3) is 4.22. The molecule has 0 fully saturated rings. The van der Waals surface area contributed by atoms with Crippen molar-refractivity contribution in [3.8, 4) is 16.2 Å². The van der Waals surface area contributed by atoms with E-state index in [0.29, 0.717) is 33.0 Å². The summed E-state index contributed by atoms with van der Waals surface area (Å²) in [6.07, 6.45) is 0.333. The van der Waals surface area contributed by atoms with E-state index in [1.165, 1.54) is 36.0 Å². The van der Waals surface area contributed by atoms with Gasteiger partial charge >= 0.3 is 11.9 Å². The first-order valence-electron chi connectivity index (χ1n) is 11.9. The Bertz CT molecular complexity index is 1780. The molecule has 0 N–H and O–H groups in total. The van der Waals surface area contributed by atoms with Crippen LogP contribution in [0.25, 0.3) is 26.0 Å². The van der Waals surface area contributed by atoms with Crippen molar-refractivity contribution in [1.29, 1.82) is 0 Å². The summed E-state index contributed by atoms with van der Waals surface area (Å²) in [5, 5.41) is 2.09. The van der Waals surface area contributed by atoms with Gasteiger partial charge in [-0.15, -0.1) is 11.3 Å². The number of hydrogen-bond acceptors (Lipinski definition) is 7. The summed E-state index contributed by atoms with van der Waals surface area (Å²) in [7, 11) is 4.14. The van der Waals surface area contributed by atoms with E-state index in [-0.39, 0.29) is 11.3 Å². The predicted molar refractivity (Wildman–Crippen MR) is 148 cm³/mol. The molecule has 0 saturated heterocycles. The molecule has 0 aliphatic carbocycles. The second-order valence-electron chi connectivity index (χ2n) is 8.79. The maximum absolute atomic E-state index is 13.6. The second-order valence-corrected chi connectivity index (χ2v) is 9.78. The minimum absolute atomic E-state index is 0.0592. The first kappa shape index (κ1) is 25.2. The number of fused-ring (bicyclic) bond motifs is 2. The molecule has 0 radical (unpaired) electrons. The Hall–Kier alpha value is -4.43. The van der Waals surface area contributed by atoms with Crippen LogP contribution in [-0.4, -0.2) is 37.7 Å². The molecule has 0 bridgehead atoms. The molecule has 5 rings (SSSR count). The van der Waals surface area contributed by atoms with Crippen molar-refractivity contribution >= 4 is 38.9 Å². The summed E-state index contributed by atoms with van der Waals surface area (Å²) in [6, 6.07) is 20.8. The highest BCUT2D eigenvalue weighted by atomic mass is 32.1. The summed E-state index contributed by atoms with van der Waals surface area (Å²) in [5.41, 5.74) is 2.91. The minimum atomic E-state index is -0.681. The average Bonchev–Trinajstić information content (AvgIpc) is 3.33. The number of benzene rings is 3. The Balaban J connectivity index is 1.81. The number of carbonyl (C=O) groups excluding carboxylic acids is 2. The highest BCUT2D eigenvalue weighted by Crippen LogP contribution is 2.37. The van der Waals surface area contributed by atoms with Crippen molar-refractivity contribution in [2.24, 2.45) is 0 Å². The van der Waals surface area contributed by atoms with Crippen LogP contribution in [0.1, 0.15) is 37.5 Å². The SMILES string of the molecule is COC(=O)c1c(Cc2cccc3ccccc23)cc(=O)n2c(C(=O)OC)c(-c3ccc(OC)c(C)c3)sc12. The van der Waals surface area contributed by atoms with Crippen LogP contribution >= 0.6 is 11.3 Å². The number of pyridine rings is 1. The van der Waals surface area contributed by atoms with Crippen LogP contribution in [0.2, 0.25) is 0 Å². The van der Waals surface area contributed by atoms with Gasteiger partial charge in [-0.2, -0.15) is 0 Å². The molecule has 38 heavy (non-hydrogen) atoms. The number of ether oxygens (including phenoxy) is 3. The zero-order chi connectivity index (χ0) is 27.0. The second kappa shape index (κ2) is 10.1. The van der Waals surface area contributed by atoms with Gasteiger partial charge in [-0.3, -0.25) is 9.20 Å². The molecular weight excluding hydrogens is 502 g/mol. The van der Waals surface area contributed by atoms with Crippen LogP contribution < -0.4 is 10.3 Å². The number of hydrogen-bond donors (Lipinski definition) is 0. The molecule has 2 heterocycles. The molecule has 0 saturated carbocycles. The van der Waals surface area contributed by atoms with Crippen molar-refractivity contribution in [2.75, 3.05) is 21.3 Å². The topological polar surface area (TPSA) is 83.3 Å². The minimum Gasteiger partial charge on any atom is -0.496 e. The van der Waals surface area contributed by atoms with Gasteiger partial charge in [0.05, 0.1) is 31.8 Å². The van der Waals surface area contributed by atoms with Crippen LogP contribution in [0.3, 0.4) is 0 Å². The largest absolute Gasteiger partial charge is 0.496 e. The number of aryl methyl sites for hydroxylation is 1. The number of nitrogens with zero attached hydrogens (tertiary/aromatic N) is 1. The van der Waals surface area contributed by atoms with Crippen LogP contribution in [0, 0.1) is 6.92 Å². The van der Waals surface area contributed by atoms with Gasteiger partial charge in [-0.05, 0) is 64.6 Å². The Kier molecular flexibility index (Phi) is 6.73. The van der Waals surface area contributed by atoms with E-state index in [2.05, 4.69) is 0 Å². The third-order valence-electron chi connectivity index (χ3n) is 6.58. The zero-order valence-electron chi connectivity index (χ0n) is 21.4. The zero-order valence-corrected chi connectivity index (χ0v) is 22.2. The number of thiazole rings is 1. The van der Waals surface area contributed by atoms with Crippen molar-refractivity contribution < 1.29 is 23.8 Å². The van der Waals surface area contributed by atoms with Gasteiger partial charge < -0.3 is 14.2 Å². The first-order chi connectivity index (χ1) is 18.4. The Morgan fingerprint density at radius 2 is 1.61 bits per heavy atom. The fourth-order valence-corrected chi connectivity index (χ4v) is 6.10. The predicted octanol–water partition coefficient (Wildman–Crippen LogP) is 5.66. The van der Waals surface area contributed by atoms with E-state index < -0.39 is 17.5 Å². The molecule has 0 amide bonds. The Morgan fingerprint density at radius 1 is 0.868 bits per heavy atom. The molecular formula is C30H25NO6S. The third-order valence-corrected chi connectivity index (χ3v) is 7.79. The quantitative estimate of drug-likeness (QED) is 0.265. The van der Waals surface area contributed by atoms with Crippen LogP contribution in [0.15, 0.2) is 71.5 Å². The molecule has 0 unspecified atom stereocenters. The number of aromatic nitrogens is 1. The lowest BCUT2D eigenvalue weighted by molar-refractivity contribution is 0.0584. The number of esters is 2. The van der Waals surface area contributed by atoms with Gasteiger partial charge in [0.25, 0.3) is 5.56 Å². The van der Waals surface area contributed by atoms with Gasteiger partial charge in [0, 0.05) is 6.07 Å². The summed E-state index contributed by atoms with van der Waals surface area (Å²) in [4.78, 5) is 40.6. The van der Waals surface area contributed by atoms with Crippen molar-refractivity contribution in [2.45, 2.75) is 13.3 Å². The van der Waals surface area contributed by atoms with Crippen molar-refractivity contribution in [3.63, 3.8) is 0 Å². The van der Waals surface area contributed by atoms with Gasteiger partial charge in [0.1, 0.15) is 10.6 Å². The maximum Gasteiger partial charge on any atom is 0.356 e. The van der Waals surface area contributed by atoms with Gasteiger partial charge in [0.2, 0.25) is 0 Å². The van der Waals surface area contributed by atoms with E-state index in [1.807, 2.05) is 61.5 Å². The molecule has 0 aliphatic heterocycles. The molecule has 0 atom stereocenters. The van der Waals surface area contributed by atoms with Crippen LogP contribution in [0.5, 0.6) is 5.75 Å². The number of rotatable bonds is 6. The lowest BCUT2D eigenvalue weighted by Crippen LogP contribution is -2.22. The highest BCUT2D eigenvalue weighted by molar-refractivity contribution is 7.21. The van der Waals surface area contributed by atoms with Gasteiger partial charge in [-0.25, -0.2) is 9.59 Å². The highest BCUT2D eigenvalue weighted by Gasteiger charge is 2.28. The Labute approximate surface area is 222 Å². The average molecular weight is 528 g/mol. The monoisotopic (exact) mass is 527 g/mol. The number of carbonyl (C=O) groups is 2. The van der Waals surface area contributed by atoms with E-state index in [9.17, 15) is 14.4 Å². The van der Waals surface area contributed by atoms with E-state index in [1.54, 1.807) is 13.2 Å². The number of methoxy groups -OCH3 is 3. The molecule has 7 nitrogen and oxygen atoms in total. The van der Waals surface area contributed by atoms with E-state index in [0.717, 1.165) is 21.9 Å².